The van der Waals surface area contributed by atoms with Gasteiger partial charge >= 0.3 is 0 Å². The Labute approximate surface area is 124 Å². The van der Waals surface area contributed by atoms with Crippen molar-refractivity contribution in [3.05, 3.63) is 35.0 Å². The quantitative estimate of drug-likeness (QED) is 0.891. The number of hydrogen-bond donors (Lipinski definition) is 2. The molecule has 2 aromatic rings. The molecule has 4 nitrogen and oxygen atoms in total. The van der Waals surface area contributed by atoms with E-state index < -0.39 is 0 Å². The van der Waals surface area contributed by atoms with Gasteiger partial charge in [-0.15, -0.1) is 0 Å². The molecule has 2 N–H and O–H groups in total. The van der Waals surface area contributed by atoms with Gasteiger partial charge in [0.05, 0.1) is 17.2 Å². The second kappa shape index (κ2) is 5.19. The number of likely N-dealkylation sites (tertiary alicyclic amines) is 1. The van der Waals surface area contributed by atoms with Gasteiger partial charge in [-0.3, -0.25) is 4.79 Å². The van der Waals surface area contributed by atoms with Crippen molar-refractivity contribution in [3.63, 3.8) is 0 Å². The van der Waals surface area contributed by atoms with Gasteiger partial charge in [-0.2, -0.15) is 0 Å². The summed E-state index contributed by atoms with van der Waals surface area (Å²) in [7, 11) is 0. The van der Waals surface area contributed by atoms with Crippen LogP contribution in [-0.2, 0) is 0 Å². The fourth-order valence-electron chi connectivity index (χ4n) is 3.20. The fourth-order valence-corrected chi connectivity index (χ4v) is 3.20. The van der Waals surface area contributed by atoms with Crippen LogP contribution in [0.5, 0.6) is 0 Å². The zero-order valence-electron chi connectivity index (χ0n) is 12.8. The van der Waals surface area contributed by atoms with Crippen LogP contribution >= 0.6 is 0 Å². The van der Waals surface area contributed by atoms with Crippen molar-refractivity contribution >= 4 is 16.8 Å². The van der Waals surface area contributed by atoms with E-state index in [1.807, 2.05) is 30.0 Å². The number of carbonyl (C=O) groups excluding carboxylic acids is 1. The minimum absolute atomic E-state index is 0.0602. The van der Waals surface area contributed by atoms with E-state index in [1.165, 1.54) is 5.56 Å². The molecule has 1 amide bonds. The van der Waals surface area contributed by atoms with E-state index in [4.69, 9.17) is 0 Å². The first-order valence-electron chi connectivity index (χ1n) is 7.54. The highest BCUT2D eigenvalue weighted by atomic mass is 16.3. The van der Waals surface area contributed by atoms with E-state index in [0.29, 0.717) is 6.54 Å². The molecule has 21 heavy (non-hydrogen) atoms. The Morgan fingerprint density at radius 3 is 2.86 bits per heavy atom. The van der Waals surface area contributed by atoms with Crippen LogP contribution in [0.2, 0.25) is 0 Å². The number of aliphatic hydroxyl groups excluding tert-OH is 1. The summed E-state index contributed by atoms with van der Waals surface area (Å²) < 4.78 is 0. The lowest BCUT2D eigenvalue weighted by molar-refractivity contribution is 0.0764. The second-order valence-electron chi connectivity index (χ2n) is 6.14. The number of fused-ring (bicyclic) bond motifs is 1. The molecule has 1 aliphatic heterocycles. The molecule has 1 aromatic carbocycles. The van der Waals surface area contributed by atoms with Crippen LogP contribution in [0.15, 0.2) is 18.2 Å². The van der Waals surface area contributed by atoms with Gasteiger partial charge in [-0.1, -0.05) is 12.1 Å². The van der Waals surface area contributed by atoms with Crippen molar-refractivity contribution in [2.75, 3.05) is 13.1 Å². The highest BCUT2D eigenvalue weighted by Gasteiger charge is 2.30. The van der Waals surface area contributed by atoms with Crippen molar-refractivity contribution in [3.8, 4) is 0 Å². The lowest BCUT2D eigenvalue weighted by Crippen LogP contribution is -2.30. The molecule has 4 heteroatoms. The summed E-state index contributed by atoms with van der Waals surface area (Å²) in [5, 5.41) is 10.8. The number of H-pyrrole nitrogens is 1. The standard InChI is InChI=1S/C17H22N2O2/c1-10-11(2)18-16-14(10)5-4-6-15(16)17(21)19-8-7-13(9-19)12(3)20/h4-6,12-13,18,20H,7-9H2,1-3H3. The molecule has 0 radical (unpaired) electrons. The fraction of sp³-hybridized carbons (Fsp3) is 0.471. The minimum atomic E-state index is -0.353. The summed E-state index contributed by atoms with van der Waals surface area (Å²) in [4.78, 5) is 18.0. The molecular formula is C17H22N2O2. The van der Waals surface area contributed by atoms with Crippen LogP contribution in [0, 0.1) is 19.8 Å². The number of aryl methyl sites for hydroxylation is 2. The van der Waals surface area contributed by atoms with Crippen LogP contribution in [0.4, 0.5) is 0 Å². The molecule has 0 saturated carbocycles. The Morgan fingerprint density at radius 1 is 1.43 bits per heavy atom. The molecule has 0 spiro atoms. The number of aromatic nitrogens is 1. The number of amides is 1. The third-order valence-electron chi connectivity index (χ3n) is 4.77. The SMILES string of the molecule is Cc1[nH]c2c(C(=O)N3CCC(C(C)O)C3)cccc2c1C. The topological polar surface area (TPSA) is 56.3 Å². The summed E-state index contributed by atoms with van der Waals surface area (Å²) in [6, 6.07) is 5.88. The predicted molar refractivity (Wildman–Crippen MR) is 83.5 cm³/mol. The van der Waals surface area contributed by atoms with E-state index >= 15 is 0 Å². The first-order chi connectivity index (χ1) is 9.99. The van der Waals surface area contributed by atoms with Gasteiger partial charge in [0.25, 0.3) is 5.91 Å². The average Bonchev–Trinajstić information content (AvgIpc) is 3.05. The van der Waals surface area contributed by atoms with E-state index in [9.17, 15) is 9.90 Å². The van der Waals surface area contributed by atoms with Crippen LogP contribution < -0.4 is 0 Å². The van der Waals surface area contributed by atoms with E-state index in [1.54, 1.807) is 6.92 Å². The van der Waals surface area contributed by atoms with Gasteiger partial charge in [-0.25, -0.2) is 0 Å². The number of rotatable bonds is 2. The normalized spacial score (nSPS) is 20.2. The molecule has 0 bridgehead atoms. The van der Waals surface area contributed by atoms with Crippen LogP contribution in [0.25, 0.3) is 10.9 Å². The summed E-state index contributed by atoms with van der Waals surface area (Å²) >= 11 is 0. The largest absolute Gasteiger partial charge is 0.393 e. The maximum atomic E-state index is 12.8. The number of aromatic amines is 1. The van der Waals surface area contributed by atoms with Crippen molar-refractivity contribution in [1.29, 1.82) is 0 Å². The van der Waals surface area contributed by atoms with Crippen molar-refractivity contribution in [2.24, 2.45) is 5.92 Å². The van der Waals surface area contributed by atoms with Gasteiger partial charge in [0, 0.05) is 30.1 Å². The van der Waals surface area contributed by atoms with Crippen LogP contribution in [0.1, 0.15) is 35.0 Å². The molecule has 0 aliphatic carbocycles. The number of carbonyl (C=O) groups is 1. The zero-order chi connectivity index (χ0) is 15.1. The summed E-state index contributed by atoms with van der Waals surface area (Å²) in [5.74, 6) is 0.255. The van der Waals surface area contributed by atoms with Gasteiger partial charge < -0.3 is 15.0 Å². The Hall–Kier alpha value is -1.81. The van der Waals surface area contributed by atoms with Gasteiger partial charge in [0.1, 0.15) is 0 Å². The smallest absolute Gasteiger partial charge is 0.255 e. The Balaban J connectivity index is 1.94. The van der Waals surface area contributed by atoms with E-state index in [2.05, 4.69) is 11.9 Å². The van der Waals surface area contributed by atoms with Crippen LogP contribution in [-0.4, -0.2) is 40.1 Å². The Bertz CT molecular complexity index is 687. The molecule has 2 heterocycles. The van der Waals surface area contributed by atoms with Gasteiger partial charge in [-0.05, 0) is 38.8 Å². The number of para-hydroxylation sites is 1. The Kier molecular flexibility index (Phi) is 3.49. The first-order valence-corrected chi connectivity index (χ1v) is 7.54. The molecule has 3 rings (SSSR count). The van der Waals surface area contributed by atoms with Crippen molar-refractivity contribution in [1.82, 2.24) is 9.88 Å². The summed E-state index contributed by atoms with van der Waals surface area (Å²) in [6.07, 6.45) is 0.524. The molecule has 2 unspecified atom stereocenters. The number of aliphatic hydroxyl groups is 1. The highest BCUT2D eigenvalue weighted by Crippen LogP contribution is 2.27. The van der Waals surface area contributed by atoms with Crippen molar-refractivity contribution in [2.45, 2.75) is 33.3 Å². The molecule has 112 valence electrons. The monoisotopic (exact) mass is 286 g/mol. The molecule has 1 fully saturated rings. The molecule has 1 saturated heterocycles. The predicted octanol–water partition coefficient (Wildman–Crippen LogP) is 2.63. The molecule has 1 aliphatic rings. The third-order valence-corrected chi connectivity index (χ3v) is 4.77. The van der Waals surface area contributed by atoms with Gasteiger partial charge in [0.15, 0.2) is 0 Å². The Morgan fingerprint density at radius 2 is 2.19 bits per heavy atom. The van der Waals surface area contributed by atoms with Gasteiger partial charge in [0.2, 0.25) is 0 Å². The summed E-state index contributed by atoms with van der Waals surface area (Å²) in [5.41, 5.74) is 3.96. The lowest BCUT2D eigenvalue weighted by atomic mass is 10.0. The lowest BCUT2D eigenvalue weighted by Gasteiger charge is -2.18. The number of benzene rings is 1. The average molecular weight is 286 g/mol. The maximum Gasteiger partial charge on any atom is 0.255 e. The van der Waals surface area contributed by atoms with Crippen LogP contribution in [0.3, 0.4) is 0 Å². The first kappa shape index (κ1) is 14.1. The van der Waals surface area contributed by atoms with E-state index in [0.717, 1.165) is 35.1 Å². The molecule has 2 atom stereocenters. The maximum absolute atomic E-state index is 12.8. The highest BCUT2D eigenvalue weighted by molar-refractivity contribution is 6.06. The zero-order valence-corrected chi connectivity index (χ0v) is 12.8. The van der Waals surface area contributed by atoms with E-state index in [-0.39, 0.29) is 17.9 Å². The van der Waals surface area contributed by atoms with Crippen molar-refractivity contribution < 1.29 is 9.90 Å². The molecular weight excluding hydrogens is 264 g/mol. The number of nitrogens with one attached hydrogen (secondary N) is 1. The minimum Gasteiger partial charge on any atom is -0.393 e. The number of hydrogen-bond acceptors (Lipinski definition) is 2. The molecule has 1 aromatic heterocycles. The second-order valence-corrected chi connectivity index (χ2v) is 6.14. The third kappa shape index (κ3) is 2.33. The number of nitrogens with zero attached hydrogens (tertiary/aromatic N) is 1. The summed E-state index contributed by atoms with van der Waals surface area (Å²) in [6.45, 7) is 7.27.